The van der Waals surface area contributed by atoms with E-state index in [1.54, 1.807) is 30.3 Å². The molecule has 44 heavy (non-hydrogen) atoms. The lowest BCUT2D eigenvalue weighted by Crippen LogP contribution is -2.12. The van der Waals surface area contributed by atoms with Gasteiger partial charge in [-0.2, -0.15) is 4.39 Å². The molecule has 1 aliphatic carbocycles. The summed E-state index contributed by atoms with van der Waals surface area (Å²) >= 11 is 0. The van der Waals surface area contributed by atoms with Crippen LogP contribution in [0.25, 0.3) is 11.1 Å². The van der Waals surface area contributed by atoms with Crippen molar-refractivity contribution in [2.45, 2.75) is 38.5 Å². The van der Waals surface area contributed by atoms with E-state index in [-0.39, 0.29) is 19.1 Å². The lowest BCUT2D eigenvalue weighted by Gasteiger charge is -2.11. The normalized spacial score (nSPS) is 12.8. The first kappa shape index (κ1) is 32.0. The number of hydrogen-bond donors (Lipinski definition) is 0. The zero-order chi connectivity index (χ0) is 31.5. The van der Waals surface area contributed by atoms with Crippen molar-refractivity contribution in [3.05, 3.63) is 102 Å². The Morgan fingerprint density at radius 2 is 1.34 bits per heavy atom. The number of carbonyl (C=O) groups excluding carboxylic acids is 3. The minimum Gasteiger partial charge on any atom is -0.494 e. The number of esters is 3. The van der Waals surface area contributed by atoms with Gasteiger partial charge in [0.15, 0.2) is 0 Å². The Kier molecular flexibility index (Phi) is 11.3. The zero-order valence-corrected chi connectivity index (χ0v) is 24.6. The van der Waals surface area contributed by atoms with E-state index >= 15 is 0 Å². The molecule has 0 aliphatic heterocycles. The predicted molar refractivity (Wildman–Crippen MR) is 163 cm³/mol. The summed E-state index contributed by atoms with van der Waals surface area (Å²) in [6.07, 6.45) is 4.70. The topological polar surface area (TPSA) is 97.4 Å². The van der Waals surface area contributed by atoms with Crippen molar-refractivity contribution >= 4 is 17.9 Å². The lowest BCUT2D eigenvalue weighted by atomic mass is 9.99. The van der Waals surface area contributed by atoms with Crippen LogP contribution in [-0.4, -0.2) is 44.3 Å². The maximum Gasteiger partial charge on any atom is 0.366 e. The summed E-state index contributed by atoms with van der Waals surface area (Å²) < 4.78 is 39.5. The number of ether oxygens (including phenoxy) is 5. The Balaban J connectivity index is 1.24. The van der Waals surface area contributed by atoms with Crippen molar-refractivity contribution < 1.29 is 42.5 Å². The van der Waals surface area contributed by atoms with E-state index in [1.165, 1.54) is 0 Å². The van der Waals surface area contributed by atoms with Gasteiger partial charge in [0, 0.05) is 12.0 Å². The van der Waals surface area contributed by atoms with Gasteiger partial charge in [-0.1, -0.05) is 32.2 Å². The van der Waals surface area contributed by atoms with Crippen LogP contribution in [0.15, 0.2) is 85.7 Å². The Morgan fingerprint density at radius 3 is 2.00 bits per heavy atom. The van der Waals surface area contributed by atoms with Crippen molar-refractivity contribution in [3.8, 4) is 28.4 Å². The molecule has 0 fully saturated rings. The van der Waals surface area contributed by atoms with Gasteiger partial charge in [0.25, 0.3) is 0 Å². The molecule has 3 aromatic rings. The average molecular weight is 603 g/mol. The molecular formula is C35H35FO8. The summed E-state index contributed by atoms with van der Waals surface area (Å²) in [4.78, 5) is 35.0. The molecule has 0 amide bonds. The summed E-state index contributed by atoms with van der Waals surface area (Å²) in [5, 5.41) is 0. The van der Waals surface area contributed by atoms with Crippen LogP contribution in [0.1, 0.15) is 60.0 Å². The fourth-order valence-corrected chi connectivity index (χ4v) is 4.81. The van der Waals surface area contributed by atoms with Crippen LogP contribution >= 0.6 is 0 Å². The van der Waals surface area contributed by atoms with Crippen molar-refractivity contribution in [2.24, 2.45) is 0 Å². The summed E-state index contributed by atoms with van der Waals surface area (Å²) in [6.45, 7) is 9.24. The van der Waals surface area contributed by atoms with Crippen molar-refractivity contribution in [1.29, 1.82) is 0 Å². The van der Waals surface area contributed by atoms with Crippen LogP contribution in [0.3, 0.4) is 0 Å². The van der Waals surface area contributed by atoms with E-state index in [2.05, 4.69) is 20.1 Å². The fraction of sp³-hybridized carbons (Fsp3) is 0.286. The first-order chi connectivity index (χ1) is 21.3. The van der Waals surface area contributed by atoms with Gasteiger partial charge in [0.05, 0.1) is 18.8 Å². The molecule has 0 saturated heterocycles. The van der Waals surface area contributed by atoms with Gasteiger partial charge in [-0.05, 0) is 96.5 Å². The molecule has 0 spiro atoms. The Morgan fingerprint density at radius 1 is 0.750 bits per heavy atom. The molecule has 230 valence electrons. The summed E-state index contributed by atoms with van der Waals surface area (Å²) in [7, 11) is 0. The van der Waals surface area contributed by atoms with E-state index < -0.39 is 23.7 Å². The quantitative estimate of drug-likeness (QED) is 0.0741. The van der Waals surface area contributed by atoms with E-state index in [1.807, 2.05) is 30.3 Å². The Hall–Kier alpha value is -4.92. The highest BCUT2D eigenvalue weighted by Crippen LogP contribution is 2.47. The van der Waals surface area contributed by atoms with Gasteiger partial charge in [-0.15, -0.1) is 0 Å². The Bertz CT molecular complexity index is 1510. The maximum absolute atomic E-state index is 12.8. The van der Waals surface area contributed by atoms with Crippen molar-refractivity contribution in [2.75, 3.05) is 26.4 Å². The highest BCUT2D eigenvalue weighted by molar-refractivity contribution is 5.91. The number of unbranched alkanes of at least 4 members (excludes halogenated alkanes) is 3. The fourth-order valence-electron chi connectivity index (χ4n) is 4.81. The second-order valence-corrected chi connectivity index (χ2v) is 10.2. The van der Waals surface area contributed by atoms with Gasteiger partial charge >= 0.3 is 17.9 Å². The van der Waals surface area contributed by atoms with Gasteiger partial charge in [-0.25, -0.2) is 14.4 Å². The minimum atomic E-state index is -1.15. The molecule has 0 saturated carbocycles. The lowest BCUT2D eigenvalue weighted by molar-refractivity contribution is -0.141. The molecule has 1 atom stereocenters. The maximum atomic E-state index is 12.8. The molecule has 0 aromatic heterocycles. The number of hydrogen-bond acceptors (Lipinski definition) is 8. The van der Waals surface area contributed by atoms with E-state index in [9.17, 15) is 18.8 Å². The van der Waals surface area contributed by atoms with Crippen LogP contribution < -0.4 is 14.2 Å². The van der Waals surface area contributed by atoms with Crippen LogP contribution in [0.2, 0.25) is 0 Å². The molecule has 0 bridgehead atoms. The van der Waals surface area contributed by atoms with Crippen molar-refractivity contribution in [3.63, 3.8) is 0 Å². The second-order valence-electron chi connectivity index (χ2n) is 10.2. The number of rotatable bonds is 16. The van der Waals surface area contributed by atoms with Gasteiger partial charge in [0.1, 0.15) is 30.5 Å². The summed E-state index contributed by atoms with van der Waals surface area (Å²) in [5.74, 6) is -1.38. The number of fused-ring (bicyclic) bond motifs is 3. The summed E-state index contributed by atoms with van der Waals surface area (Å²) in [6, 6.07) is 18.1. The van der Waals surface area contributed by atoms with Crippen LogP contribution in [0, 0.1) is 0 Å². The third kappa shape index (κ3) is 8.56. The largest absolute Gasteiger partial charge is 0.494 e. The third-order valence-corrected chi connectivity index (χ3v) is 7.09. The highest BCUT2D eigenvalue weighted by atomic mass is 19.1. The van der Waals surface area contributed by atoms with Crippen molar-refractivity contribution in [1.82, 2.24) is 0 Å². The minimum absolute atomic E-state index is 0.0288. The SMILES string of the molecule is C=CC(=O)OCCCCCCOc1ccc(C(=O)Oc2ccc3c(c2)C(C)c2cc(OCCOC(=O)C(=C)F)ccc2-3)cc1. The monoisotopic (exact) mass is 602 g/mol. The summed E-state index contributed by atoms with van der Waals surface area (Å²) in [5.41, 5.74) is 4.60. The molecular weight excluding hydrogens is 567 g/mol. The smallest absolute Gasteiger partial charge is 0.366 e. The molecule has 1 aliphatic rings. The standard InChI is InChI=1S/C35H35FO8/c1-4-33(37)42-18-8-6-5-7-17-40-26-11-9-25(10-12-26)35(39)44-28-14-16-30-29-15-13-27(21-31(29)23(2)32(30)22-28)41-19-20-43-34(38)24(3)36/h4,9-16,21-23H,1,3,5-8,17-20H2,2H3. The molecule has 1 unspecified atom stereocenters. The molecule has 0 N–H and O–H groups in total. The highest BCUT2D eigenvalue weighted by Gasteiger charge is 2.27. The first-order valence-corrected chi connectivity index (χ1v) is 14.4. The van der Waals surface area contributed by atoms with Gasteiger partial charge < -0.3 is 23.7 Å². The molecule has 3 aromatic carbocycles. The number of benzene rings is 3. The number of halogens is 1. The van der Waals surface area contributed by atoms with E-state index in [0.29, 0.717) is 36.0 Å². The zero-order valence-electron chi connectivity index (χ0n) is 24.6. The third-order valence-electron chi connectivity index (χ3n) is 7.09. The molecule has 0 heterocycles. The van der Waals surface area contributed by atoms with Crippen LogP contribution in [-0.2, 0) is 19.1 Å². The molecule has 9 heteroatoms. The van der Waals surface area contributed by atoms with E-state index in [0.717, 1.165) is 54.0 Å². The van der Waals surface area contributed by atoms with Crippen LogP contribution in [0.4, 0.5) is 4.39 Å². The molecule has 0 radical (unpaired) electrons. The van der Waals surface area contributed by atoms with E-state index in [4.69, 9.17) is 23.7 Å². The average Bonchev–Trinajstić information content (AvgIpc) is 3.30. The first-order valence-electron chi connectivity index (χ1n) is 14.4. The number of carbonyl (C=O) groups is 3. The van der Waals surface area contributed by atoms with Gasteiger partial charge in [0.2, 0.25) is 5.83 Å². The Labute approximate surface area is 256 Å². The van der Waals surface area contributed by atoms with Gasteiger partial charge in [-0.3, -0.25) is 0 Å². The van der Waals surface area contributed by atoms with Crippen LogP contribution in [0.5, 0.6) is 17.2 Å². The second kappa shape index (κ2) is 15.5. The molecule has 4 rings (SSSR count). The molecule has 8 nitrogen and oxygen atoms in total. The predicted octanol–water partition coefficient (Wildman–Crippen LogP) is 7.11.